The van der Waals surface area contributed by atoms with Crippen molar-refractivity contribution in [3.63, 3.8) is 0 Å². The molecule has 0 bridgehead atoms. The molecule has 0 radical (unpaired) electrons. The van der Waals surface area contributed by atoms with Crippen molar-refractivity contribution >= 4 is 0 Å². The van der Waals surface area contributed by atoms with Crippen LogP contribution in [0, 0.1) is 0 Å². The third-order valence-corrected chi connectivity index (χ3v) is 3.19. The summed E-state index contributed by atoms with van der Waals surface area (Å²) in [6.07, 6.45) is 1.15. The highest BCUT2D eigenvalue weighted by Crippen LogP contribution is 2.36. The molecule has 0 amide bonds. The highest BCUT2D eigenvalue weighted by Gasteiger charge is 2.34. The van der Waals surface area contributed by atoms with Crippen LogP contribution in [0.4, 0.5) is 0 Å². The average molecular weight is 190 g/mol. The summed E-state index contributed by atoms with van der Waals surface area (Å²) >= 11 is 0. The zero-order chi connectivity index (χ0) is 10.2. The zero-order valence-corrected chi connectivity index (χ0v) is 9.21. The summed E-state index contributed by atoms with van der Waals surface area (Å²) in [5, 5.41) is 0. The lowest BCUT2D eigenvalue weighted by Gasteiger charge is -2.39. The van der Waals surface area contributed by atoms with E-state index >= 15 is 0 Å². The minimum Gasteiger partial charge on any atom is -0.370 e. The molecule has 1 aromatic rings. The van der Waals surface area contributed by atoms with E-state index in [1.54, 1.807) is 0 Å². The Hall–Kier alpha value is -0.820. The van der Waals surface area contributed by atoms with Crippen LogP contribution >= 0.6 is 0 Å². The second-order valence-corrected chi connectivity index (χ2v) is 4.61. The molecule has 0 aromatic heterocycles. The molecule has 0 aliphatic carbocycles. The Balaban J connectivity index is 2.21. The molecule has 1 nitrogen and oxygen atoms in total. The van der Waals surface area contributed by atoms with Gasteiger partial charge in [-0.1, -0.05) is 38.1 Å². The fourth-order valence-electron chi connectivity index (χ4n) is 1.86. The molecule has 0 spiro atoms. The van der Waals surface area contributed by atoms with Crippen LogP contribution in [0.1, 0.15) is 44.2 Å². The van der Waals surface area contributed by atoms with Gasteiger partial charge in [-0.05, 0) is 24.0 Å². The van der Waals surface area contributed by atoms with Crippen LogP contribution in [0.15, 0.2) is 24.3 Å². The molecular weight excluding hydrogens is 172 g/mol. The molecule has 1 unspecified atom stereocenters. The van der Waals surface area contributed by atoms with E-state index in [0.717, 1.165) is 13.0 Å². The number of rotatable bonds is 2. The predicted molar refractivity (Wildman–Crippen MR) is 58.5 cm³/mol. The Morgan fingerprint density at radius 1 is 1.21 bits per heavy atom. The van der Waals surface area contributed by atoms with E-state index in [-0.39, 0.29) is 5.60 Å². The summed E-state index contributed by atoms with van der Waals surface area (Å²) in [7, 11) is 0. The summed E-state index contributed by atoms with van der Waals surface area (Å²) < 4.78 is 5.60. The Morgan fingerprint density at radius 2 is 1.79 bits per heavy atom. The van der Waals surface area contributed by atoms with Crippen molar-refractivity contribution in [2.45, 2.75) is 38.7 Å². The minimum absolute atomic E-state index is 0.00445. The number of hydrogen-bond acceptors (Lipinski definition) is 1. The van der Waals surface area contributed by atoms with Gasteiger partial charge in [0.25, 0.3) is 0 Å². The molecule has 2 rings (SSSR count). The van der Waals surface area contributed by atoms with E-state index in [1.165, 1.54) is 11.1 Å². The average Bonchev–Trinajstić information content (AvgIpc) is 2.14. The molecule has 76 valence electrons. The first kappa shape index (κ1) is 9.72. The quantitative estimate of drug-likeness (QED) is 0.694. The molecule has 1 atom stereocenters. The van der Waals surface area contributed by atoms with Gasteiger partial charge >= 0.3 is 0 Å². The van der Waals surface area contributed by atoms with Gasteiger partial charge in [-0.3, -0.25) is 0 Å². The first-order valence-electron chi connectivity index (χ1n) is 5.36. The van der Waals surface area contributed by atoms with Crippen molar-refractivity contribution in [2.75, 3.05) is 6.61 Å². The largest absolute Gasteiger partial charge is 0.370 e. The topological polar surface area (TPSA) is 9.23 Å². The second kappa shape index (κ2) is 3.39. The van der Waals surface area contributed by atoms with Crippen LogP contribution in [0.3, 0.4) is 0 Å². The molecule has 1 aliphatic rings. The van der Waals surface area contributed by atoms with E-state index in [0.29, 0.717) is 5.92 Å². The van der Waals surface area contributed by atoms with Gasteiger partial charge in [0.05, 0.1) is 12.2 Å². The van der Waals surface area contributed by atoms with Gasteiger partial charge in [0.2, 0.25) is 0 Å². The summed E-state index contributed by atoms with van der Waals surface area (Å²) in [4.78, 5) is 0. The fourth-order valence-corrected chi connectivity index (χ4v) is 1.86. The first-order valence-corrected chi connectivity index (χ1v) is 5.36. The lowest BCUT2D eigenvalue weighted by Crippen LogP contribution is -2.37. The van der Waals surface area contributed by atoms with Crippen LogP contribution in [-0.2, 0) is 10.3 Å². The summed E-state index contributed by atoms with van der Waals surface area (Å²) in [5.41, 5.74) is 2.71. The molecule has 14 heavy (non-hydrogen) atoms. The Labute approximate surface area is 86.1 Å². The monoisotopic (exact) mass is 190 g/mol. The molecule has 0 N–H and O–H groups in total. The smallest absolute Gasteiger partial charge is 0.0925 e. The lowest BCUT2D eigenvalue weighted by atomic mass is 9.87. The van der Waals surface area contributed by atoms with Crippen molar-refractivity contribution < 1.29 is 4.74 Å². The molecule has 1 heterocycles. The lowest BCUT2D eigenvalue weighted by molar-refractivity contribution is -0.140. The highest BCUT2D eigenvalue weighted by atomic mass is 16.5. The van der Waals surface area contributed by atoms with Gasteiger partial charge in [0.1, 0.15) is 0 Å². The van der Waals surface area contributed by atoms with Gasteiger partial charge in [-0.15, -0.1) is 0 Å². The highest BCUT2D eigenvalue weighted by molar-refractivity contribution is 5.29. The molecule has 1 heteroatoms. The van der Waals surface area contributed by atoms with Gasteiger partial charge in [0.15, 0.2) is 0 Å². The molecule has 1 aromatic carbocycles. The van der Waals surface area contributed by atoms with E-state index in [4.69, 9.17) is 4.74 Å². The van der Waals surface area contributed by atoms with Gasteiger partial charge in [-0.2, -0.15) is 0 Å². The molecule has 1 fully saturated rings. The summed E-state index contributed by atoms with van der Waals surface area (Å²) in [6.45, 7) is 7.51. The van der Waals surface area contributed by atoms with E-state index in [9.17, 15) is 0 Å². The van der Waals surface area contributed by atoms with Crippen LogP contribution in [0.25, 0.3) is 0 Å². The molecule has 1 saturated heterocycles. The van der Waals surface area contributed by atoms with Gasteiger partial charge in [0, 0.05) is 6.42 Å². The van der Waals surface area contributed by atoms with Crippen molar-refractivity contribution in [2.24, 2.45) is 0 Å². The number of hydrogen-bond donors (Lipinski definition) is 0. The summed E-state index contributed by atoms with van der Waals surface area (Å²) in [5.74, 6) is 0.610. The second-order valence-electron chi connectivity index (χ2n) is 4.61. The minimum atomic E-state index is -0.00445. The standard InChI is InChI=1S/C13H18O/c1-10(2)11-4-6-12(7-5-11)13(3)8-9-14-13/h4-7,10H,8-9H2,1-3H3. The number of benzene rings is 1. The van der Waals surface area contributed by atoms with E-state index < -0.39 is 0 Å². The van der Waals surface area contributed by atoms with Crippen molar-refractivity contribution in [3.8, 4) is 0 Å². The Morgan fingerprint density at radius 3 is 2.14 bits per heavy atom. The van der Waals surface area contributed by atoms with Crippen molar-refractivity contribution in [1.29, 1.82) is 0 Å². The molecule has 0 saturated carbocycles. The van der Waals surface area contributed by atoms with Crippen molar-refractivity contribution in [3.05, 3.63) is 35.4 Å². The Bertz CT molecular complexity index is 307. The molecular formula is C13H18O. The Kier molecular flexibility index (Phi) is 2.36. The molecule has 1 aliphatic heterocycles. The first-order chi connectivity index (χ1) is 6.62. The van der Waals surface area contributed by atoms with E-state index in [1.807, 2.05) is 0 Å². The zero-order valence-electron chi connectivity index (χ0n) is 9.21. The predicted octanol–water partition coefficient (Wildman–Crippen LogP) is 3.45. The fraction of sp³-hybridized carbons (Fsp3) is 0.538. The van der Waals surface area contributed by atoms with Crippen LogP contribution < -0.4 is 0 Å². The normalized spacial score (nSPS) is 26.3. The van der Waals surface area contributed by atoms with Crippen molar-refractivity contribution in [1.82, 2.24) is 0 Å². The maximum atomic E-state index is 5.60. The third kappa shape index (κ3) is 1.57. The summed E-state index contributed by atoms with van der Waals surface area (Å²) in [6, 6.07) is 8.84. The van der Waals surface area contributed by atoms with E-state index in [2.05, 4.69) is 45.0 Å². The number of ether oxygens (including phenoxy) is 1. The third-order valence-electron chi connectivity index (χ3n) is 3.19. The van der Waals surface area contributed by atoms with Gasteiger partial charge < -0.3 is 4.74 Å². The van der Waals surface area contributed by atoms with Gasteiger partial charge in [-0.25, -0.2) is 0 Å². The maximum Gasteiger partial charge on any atom is 0.0925 e. The SMILES string of the molecule is CC(C)c1ccc(C2(C)CCO2)cc1. The van der Waals surface area contributed by atoms with Crippen LogP contribution in [-0.4, -0.2) is 6.61 Å². The van der Waals surface area contributed by atoms with Crippen LogP contribution in [0.5, 0.6) is 0 Å². The van der Waals surface area contributed by atoms with Crippen LogP contribution in [0.2, 0.25) is 0 Å². The maximum absolute atomic E-state index is 5.60.